The van der Waals surface area contributed by atoms with Crippen molar-refractivity contribution < 1.29 is 9.53 Å². The molecule has 0 bridgehead atoms. The number of carbonyl (C=O) groups excluding carboxylic acids is 1. The Kier molecular flexibility index (Phi) is 5.20. The van der Waals surface area contributed by atoms with E-state index in [2.05, 4.69) is 11.1 Å². The fraction of sp³-hybridized carbons (Fsp3) is 0.500. The fourth-order valence-electron chi connectivity index (χ4n) is 4.12. The molecule has 1 fully saturated rings. The van der Waals surface area contributed by atoms with E-state index < -0.39 is 0 Å². The van der Waals surface area contributed by atoms with Crippen molar-refractivity contribution in [1.82, 2.24) is 14.5 Å². The first-order valence-corrected chi connectivity index (χ1v) is 10.1. The average molecular weight is 381 g/mol. The van der Waals surface area contributed by atoms with Crippen LogP contribution in [-0.4, -0.2) is 39.6 Å². The predicted octanol–water partition coefficient (Wildman–Crippen LogP) is 2.49. The molecule has 0 saturated carbocycles. The minimum Gasteiger partial charge on any atom is -0.480 e. The number of aryl methyl sites for hydroxylation is 2. The molecule has 1 saturated heterocycles. The second-order valence-electron chi connectivity index (χ2n) is 7.93. The normalized spacial score (nSPS) is 19.8. The van der Waals surface area contributed by atoms with Crippen molar-refractivity contribution in [2.45, 2.75) is 52.2 Å². The highest BCUT2D eigenvalue weighted by molar-refractivity contribution is 5.81. The molecule has 0 spiro atoms. The third kappa shape index (κ3) is 3.68. The van der Waals surface area contributed by atoms with Crippen LogP contribution in [0.3, 0.4) is 0 Å². The van der Waals surface area contributed by atoms with Crippen molar-refractivity contribution >= 4 is 5.91 Å². The monoisotopic (exact) mass is 381 g/mol. The topological polar surface area (TPSA) is 64.4 Å². The van der Waals surface area contributed by atoms with Crippen LogP contribution in [0, 0.1) is 19.8 Å². The highest BCUT2D eigenvalue weighted by Gasteiger charge is 2.32. The number of amides is 1. The van der Waals surface area contributed by atoms with Gasteiger partial charge in [0.15, 0.2) is 6.10 Å². The minimum absolute atomic E-state index is 0.0419. The maximum absolute atomic E-state index is 12.9. The number of likely N-dealkylation sites (tertiary alicyclic amines) is 1. The fourth-order valence-corrected chi connectivity index (χ4v) is 4.12. The molecule has 1 atom stereocenters. The average Bonchev–Trinajstić information content (AvgIpc) is 2.74. The Labute approximate surface area is 165 Å². The van der Waals surface area contributed by atoms with Gasteiger partial charge in [-0.25, -0.2) is 4.98 Å². The van der Waals surface area contributed by atoms with E-state index in [1.807, 2.05) is 36.9 Å². The molecule has 28 heavy (non-hydrogen) atoms. The van der Waals surface area contributed by atoms with E-state index in [9.17, 15) is 9.59 Å². The number of hydrogen-bond donors (Lipinski definition) is 0. The Morgan fingerprint density at radius 2 is 1.93 bits per heavy atom. The van der Waals surface area contributed by atoms with E-state index in [0.29, 0.717) is 18.0 Å². The summed E-state index contributed by atoms with van der Waals surface area (Å²) in [5.41, 5.74) is 2.72. The minimum atomic E-state index is -0.377. The van der Waals surface area contributed by atoms with Crippen LogP contribution in [0.15, 0.2) is 35.4 Å². The summed E-state index contributed by atoms with van der Waals surface area (Å²) in [7, 11) is 0. The summed E-state index contributed by atoms with van der Waals surface area (Å²) < 4.78 is 7.68. The zero-order valence-electron chi connectivity index (χ0n) is 16.6. The molecule has 0 aliphatic carbocycles. The Balaban J connectivity index is 1.34. The number of benzene rings is 1. The van der Waals surface area contributed by atoms with Gasteiger partial charge in [0.2, 0.25) is 0 Å². The van der Waals surface area contributed by atoms with Crippen molar-refractivity contribution in [2.24, 2.45) is 5.92 Å². The molecule has 2 aliphatic rings. The van der Waals surface area contributed by atoms with Crippen LogP contribution in [0.4, 0.5) is 0 Å². The molecule has 1 aromatic heterocycles. The number of rotatable bonds is 3. The summed E-state index contributed by atoms with van der Waals surface area (Å²) >= 11 is 0. The van der Waals surface area contributed by atoms with Crippen LogP contribution in [0.1, 0.15) is 36.1 Å². The maximum Gasteiger partial charge on any atom is 0.263 e. The van der Waals surface area contributed by atoms with Crippen molar-refractivity contribution in [2.75, 3.05) is 13.1 Å². The Morgan fingerprint density at radius 3 is 2.71 bits per heavy atom. The van der Waals surface area contributed by atoms with Gasteiger partial charge in [-0.2, -0.15) is 0 Å². The maximum atomic E-state index is 12.9. The first-order valence-electron chi connectivity index (χ1n) is 10.1. The smallest absolute Gasteiger partial charge is 0.263 e. The van der Waals surface area contributed by atoms with E-state index in [-0.39, 0.29) is 17.6 Å². The number of para-hydroxylation sites is 1. The van der Waals surface area contributed by atoms with Crippen LogP contribution in [-0.2, 0) is 17.8 Å². The van der Waals surface area contributed by atoms with Crippen LogP contribution in [0.5, 0.6) is 5.75 Å². The molecule has 2 aromatic rings. The largest absolute Gasteiger partial charge is 0.480 e. The Bertz CT molecular complexity index is 929. The van der Waals surface area contributed by atoms with E-state index in [1.54, 1.807) is 10.9 Å². The van der Waals surface area contributed by atoms with Crippen molar-refractivity contribution in [3.63, 3.8) is 0 Å². The number of carbonyl (C=O) groups is 1. The van der Waals surface area contributed by atoms with E-state index in [4.69, 9.17) is 4.74 Å². The quantitative estimate of drug-likeness (QED) is 0.819. The zero-order chi connectivity index (χ0) is 19.7. The molecule has 1 unspecified atom stereocenters. The van der Waals surface area contributed by atoms with Gasteiger partial charge in [-0.15, -0.1) is 0 Å². The van der Waals surface area contributed by atoms with E-state index in [0.717, 1.165) is 50.2 Å². The van der Waals surface area contributed by atoms with Crippen LogP contribution >= 0.6 is 0 Å². The lowest BCUT2D eigenvalue weighted by Gasteiger charge is -2.35. The van der Waals surface area contributed by atoms with E-state index >= 15 is 0 Å². The second kappa shape index (κ2) is 7.78. The van der Waals surface area contributed by atoms with Gasteiger partial charge in [-0.05, 0) is 57.1 Å². The Hall–Kier alpha value is -2.63. The first-order chi connectivity index (χ1) is 13.5. The summed E-state index contributed by atoms with van der Waals surface area (Å²) in [5.74, 6) is 1.32. The zero-order valence-corrected chi connectivity index (χ0v) is 16.6. The molecule has 2 aliphatic heterocycles. The first kappa shape index (κ1) is 18.7. The molecule has 6 nitrogen and oxygen atoms in total. The Morgan fingerprint density at radius 1 is 1.18 bits per heavy atom. The van der Waals surface area contributed by atoms with Gasteiger partial charge < -0.3 is 9.64 Å². The molecule has 4 rings (SSSR count). The predicted molar refractivity (Wildman–Crippen MR) is 106 cm³/mol. The molecular weight excluding hydrogens is 354 g/mol. The van der Waals surface area contributed by atoms with Gasteiger partial charge in [0.25, 0.3) is 11.5 Å². The molecule has 3 heterocycles. The number of aromatic nitrogens is 2. The SMILES string of the molecule is Cc1ncn(CC2CCN(C(=O)C3CCc4ccccc4O3)CC2)c(=O)c1C. The summed E-state index contributed by atoms with van der Waals surface area (Å²) in [5, 5.41) is 0. The molecule has 148 valence electrons. The van der Waals surface area contributed by atoms with E-state index in [1.165, 1.54) is 5.56 Å². The van der Waals surface area contributed by atoms with Crippen molar-refractivity contribution in [3.8, 4) is 5.75 Å². The van der Waals surface area contributed by atoms with Gasteiger partial charge in [-0.1, -0.05) is 18.2 Å². The van der Waals surface area contributed by atoms with Crippen LogP contribution in [0.2, 0.25) is 0 Å². The van der Waals surface area contributed by atoms with Gasteiger partial charge in [-0.3, -0.25) is 14.2 Å². The third-order valence-electron chi connectivity index (χ3n) is 6.09. The second-order valence-corrected chi connectivity index (χ2v) is 7.93. The molecule has 1 aromatic carbocycles. The van der Waals surface area contributed by atoms with Gasteiger partial charge in [0, 0.05) is 30.9 Å². The number of hydrogen-bond acceptors (Lipinski definition) is 4. The third-order valence-corrected chi connectivity index (χ3v) is 6.09. The number of ether oxygens (including phenoxy) is 1. The summed E-state index contributed by atoms with van der Waals surface area (Å²) in [6.07, 6.45) is 4.68. The van der Waals surface area contributed by atoms with Crippen LogP contribution < -0.4 is 10.3 Å². The van der Waals surface area contributed by atoms with Crippen molar-refractivity contribution in [1.29, 1.82) is 0 Å². The number of nitrogens with zero attached hydrogens (tertiary/aromatic N) is 3. The van der Waals surface area contributed by atoms with Crippen molar-refractivity contribution in [3.05, 3.63) is 57.8 Å². The molecule has 6 heteroatoms. The standard InChI is InChI=1S/C22H27N3O3/c1-15-16(2)23-14-25(21(15)26)13-17-9-11-24(12-10-17)22(27)20-8-7-18-5-3-4-6-19(18)28-20/h3-6,14,17,20H,7-13H2,1-2H3. The highest BCUT2D eigenvalue weighted by atomic mass is 16.5. The molecule has 1 amide bonds. The van der Waals surface area contributed by atoms with Gasteiger partial charge in [0.1, 0.15) is 5.75 Å². The van der Waals surface area contributed by atoms with Crippen LogP contribution in [0.25, 0.3) is 0 Å². The van der Waals surface area contributed by atoms with Gasteiger partial charge in [0.05, 0.1) is 6.33 Å². The molecule has 0 radical (unpaired) electrons. The highest BCUT2D eigenvalue weighted by Crippen LogP contribution is 2.29. The summed E-state index contributed by atoms with van der Waals surface area (Å²) in [6.45, 7) is 5.79. The summed E-state index contributed by atoms with van der Waals surface area (Å²) in [6, 6.07) is 7.95. The summed E-state index contributed by atoms with van der Waals surface area (Å²) in [4.78, 5) is 31.5. The lowest BCUT2D eigenvalue weighted by Crippen LogP contribution is -2.47. The lowest BCUT2D eigenvalue weighted by atomic mass is 9.95. The number of fused-ring (bicyclic) bond motifs is 1. The number of piperidine rings is 1. The molecule has 0 N–H and O–H groups in total. The molecular formula is C22H27N3O3. The lowest BCUT2D eigenvalue weighted by molar-refractivity contribution is -0.141. The van der Waals surface area contributed by atoms with Gasteiger partial charge >= 0.3 is 0 Å².